The number of aromatic nitrogens is 1. The molecule has 0 aliphatic heterocycles. The van der Waals surface area contributed by atoms with E-state index in [1.54, 1.807) is 0 Å². The van der Waals surface area contributed by atoms with E-state index in [-0.39, 0.29) is 5.91 Å². The predicted molar refractivity (Wildman–Crippen MR) is 81.6 cm³/mol. The largest absolute Gasteiger partial charge is 0.356 e. The third-order valence-electron chi connectivity index (χ3n) is 3.03. The summed E-state index contributed by atoms with van der Waals surface area (Å²) >= 11 is 0. The summed E-state index contributed by atoms with van der Waals surface area (Å²) in [5.74, 6) is 0.778. The molecule has 0 atom stereocenters. The number of nitrogens with zero attached hydrogens (tertiary/aromatic N) is 2. The monoisotopic (exact) mass is 287 g/mol. The van der Waals surface area contributed by atoms with E-state index in [4.69, 9.17) is 4.52 Å². The highest BCUT2D eigenvalue weighted by molar-refractivity contribution is 5.77. The van der Waals surface area contributed by atoms with Gasteiger partial charge in [0.15, 0.2) is 5.76 Å². The summed E-state index contributed by atoms with van der Waals surface area (Å²) in [4.78, 5) is 13.5. The van der Waals surface area contributed by atoms with Gasteiger partial charge in [-0.05, 0) is 13.5 Å². The van der Waals surface area contributed by atoms with Crippen LogP contribution >= 0.6 is 0 Å². The zero-order chi connectivity index (χ0) is 15.1. The molecule has 0 aliphatic rings. The molecular weight excluding hydrogens is 266 g/mol. The number of amides is 1. The lowest BCUT2D eigenvalue weighted by Crippen LogP contribution is -2.35. The zero-order valence-electron chi connectivity index (χ0n) is 12.5. The normalized spacial score (nSPS) is 10.8. The van der Waals surface area contributed by atoms with Crippen molar-refractivity contribution in [1.82, 2.24) is 15.4 Å². The number of carbonyl (C=O) groups excluding carboxylic acids is 1. The molecule has 1 heterocycles. The van der Waals surface area contributed by atoms with Crippen molar-refractivity contribution in [1.29, 1.82) is 0 Å². The average Bonchev–Trinajstić information content (AvgIpc) is 2.94. The second-order valence-electron chi connectivity index (χ2n) is 5.07. The second kappa shape index (κ2) is 7.59. The summed E-state index contributed by atoms with van der Waals surface area (Å²) in [6.07, 6.45) is 0.944. The van der Waals surface area contributed by atoms with E-state index < -0.39 is 0 Å². The van der Waals surface area contributed by atoms with Crippen molar-refractivity contribution in [2.75, 3.05) is 20.1 Å². The number of hydrogen-bond acceptors (Lipinski definition) is 4. The van der Waals surface area contributed by atoms with E-state index in [0.29, 0.717) is 13.1 Å². The Hall–Kier alpha value is -2.14. The summed E-state index contributed by atoms with van der Waals surface area (Å²) in [6, 6.07) is 11.8. The minimum Gasteiger partial charge on any atom is -0.356 e. The van der Waals surface area contributed by atoms with Crippen LogP contribution in [-0.2, 0) is 11.3 Å². The maximum Gasteiger partial charge on any atom is 0.234 e. The Kier molecular flexibility index (Phi) is 5.51. The zero-order valence-corrected chi connectivity index (χ0v) is 12.5. The molecule has 2 aromatic rings. The average molecular weight is 287 g/mol. The van der Waals surface area contributed by atoms with Crippen LogP contribution in [0.5, 0.6) is 0 Å². The van der Waals surface area contributed by atoms with E-state index in [1.165, 1.54) is 0 Å². The first-order valence-corrected chi connectivity index (χ1v) is 7.15. The number of likely N-dealkylation sites (N-methyl/N-ethyl adjacent to an activating group) is 1. The van der Waals surface area contributed by atoms with Crippen LogP contribution in [0.1, 0.15) is 19.0 Å². The van der Waals surface area contributed by atoms with Crippen LogP contribution in [0.25, 0.3) is 11.3 Å². The Bertz CT molecular complexity index is 566. The van der Waals surface area contributed by atoms with Gasteiger partial charge in [0.25, 0.3) is 0 Å². The van der Waals surface area contributed by atoms with Gasteiger partial charge in [-0.1, -0.05) is 42.4 Å². The molecule has 1 aromatic heterocycles. The molecule has 1 amide bonds. The standard InChI is InChI=1S/C16H21N3O2/c1-3-9-17-16(20)12-19(2)11-14-10-15(21-18-14)13-7-5-4-6-8-13/h4-8,10H,3,9,11-12H2,1-2H3,(H,17,20). The van der Waals surface area contributed by atoms with Crippen molar-refractivity contribution in [3.63, 3.8) is 0 Å². The molecule has 0 radical (unpaired) electrons. The van der Waals surface area contributed by atoms with Crippen molar-refractivity contribution in [3.8, 4) is 11.3 Å². The van der Waals surface area contributed by atoms with Gasteiger partial charge in [-0.25, -0.2) is 0 Å². The van der Waals surface area contributed by atoms with Gasteiger partial charge in [0, 0.05) is 24.7 Å². The SMILES string of the molecule is CCCNC(=O)CN(C)Cc1cc(-c2ccccc2)on1. The van der Waals surface area contributed by atoms with E-state index in [9.17, 15) is 4.79 Å². The molecule has 1 aromatic carbocycles. The van der Waals surface area contributed by atoms with Crippen molar-refractivity contribution >= 4 is 5.91 Å². The molecule has 0 unspecified atom stereocenters. The van der Waals surface area contributed by atoms with E-state index >= 15 is 0 Å². The van der Waals surface area contributed by atoms with Gasteiger partial charge < -0.3 is 9.84 Å². The lowest BCUT2D eigenvalue weighted by Gasteiger charge is -2.14. The molecule has 0 saturated heterocycles. The summed E-state index contributed by atoms with van der Waals surface area (Å²) in [6.45, 7) is 3.68. The fourth-order valence-corrected chi connectivity index (χ4v) is 2.02. The van der Waals surface area contributed by atoms with Crippen LogP contribution in [0.15, 0.2) is 40.9 Å². The first-order chi connectivity index (χ1) is 10.2. The fraction of sp³-hybridized carbons (Fsp3) is 0.375. The second-order valence-corrected chi connectivity index (χ2v) is 5.07. The lowest BCUT2D eigenvalue weighted by atomic mass is 10.1. The smallest absolute Gasteiger partial charge is 0.234 e. The molecular formula is C16H21N3O2. The Morgan fingerprint density at radius 2 is 2.10 bits per heavy atom. The van der Waals surface area contributed by atoms with Crippen LogP contribution in [0, 0.1) is 0 Å². The molecule has 112 valence electrons. The molecule has 21 heavy (non-hydrogen) atoms. The Balaban J connectivity index is 1.89. The lowest BCUT2D eigenvalue weighted by molar-refractivity contribution is -0.122. The molecule has 0 spiro atoms. The van der Waals surface area contributed by atoms with Gasteiger partial charge in [-0.3, -0.25) is 9.69 Å². The number of rotatable bonds is 7. The summed E-state index contributed by atoms with van der Waals surface area (Å²) in [5.41, 5.74) is 1.82. The van der Waals surface area contributed by atoms with Gasteiger partial charge in [0.05, 0.1) is 12.2 Å². The fourth-order valence-electron chi connectivity index (χ4n) is 2.02. The van der Waals surface area contributed by atoms with Crippen LogP contribution in [0.3, 0.4) is 0 Å². The number of nitrogens with one attached hydrogen (secondary N) is 1. The molecule has 0 saturated carbocycles. The Morgan fingerprint density at radius 3 is 2.81 bits per heavy atom. The Labute approximate surface area is 124 Å². The topological polar surface area (TPSA) is 58.4 Å². The van der Waals surface area contributed by atoms with Gasteiger partial charge >= 0.3 is 0 Å². The van der Waals surface area contributed by atoms with E-state index in [0.717, 1.165) is 30.0 Å². The van der Waals surface area contributed by atoms with Gasteiger partial charge in [-0.2, -0.15) is 0 Å². The minimum atomic E-state index is 0.0335. The van der Waals surface area contributed by atoms with Crippen molar-refractivity contribution < 1.29 is 9.32 Å². The minimum absolute atomic E-state index is 0.0335. The molecule has 0 aliphatic carbocycles. The van der Waals surface area contributed by atoms with Crippen LogP contribution < -0.4 is 5.32 Å². The summed E-state index contributed by atoms with van der Waals surface area (Å²) < 4.78 is 5.34. The Morgan fingerprint density at radius 1 is 1.33 bits per heavy atom. The first kappa shape index (κ1) is 15.3. The van der Waals surface area contributed by atoms with Crippen molar-refractivity contribution in [3.05, 3.63) is 42.1 Å². The van der Waals surface area contributed by atoms with Gasteiger partial charge in [0.2, 0.25) is 5.91 Å². The van der Waals surface area contributed by atoms with Gasteiger partial charge in [0.1, 0.15) is 0 Å². The quantitative estimate of drug-likeness (QED) is 0.849. The van der Waals surface area contributed by atoms with E-state index in [1.807, 2.05) is 55.3 Å². The van der Waals surface area contributed by atoms with Crippen LogP contribution in [0.2, 0.25) is 0 Å². The van der Waals surface area contributed by atoms with Crippen LogP contribution in [-0.4, -0.2) is 36.1 Å². The molecule has 1 N–H and O–H groups in total. The third-order valence-corrected chi connectivity index (χ3v) is 3.03. The third kappa shape index (κ3) is 4.72. The van der Waals surface area contributed by atoms with E-state index in [2.05, 4.69) is 10.5 Å². The maximum atomic E-state index is 11.6. The summed E-state index contributed by atoms with van der Waals surface area (Å²) in [7, 11) is 1.89. The number of benzene rings is 1. The van der Waals surface area contributed by atoms with Crippen LogP contribution in [0.4, 0.5) is 0 Å². The predicted octanol–water partition coefficient (Wildman–Crippen LogP) is 2.30. The highest BCUT2D eigenvalue weighted by Crippen LogP contribution is 2.20. The first-order valence-electron chi connectivity index (χ1n) is 7.15. The number of hydrogen-bond donors (Lipinski definition) is 1. The molecule has 0 bridgehead atoms. The van der Waals surface area contributed by atoms with Gasteiger partial charge in [-0.15, -0.1) is 0 Å². The van der Waals surface area contributed by atoms with Crippen molar-refractivity contribution in [2.45, 2.75) is 19.9 Å². The number of carbonyl (C=O) groups is 1. The summed E-state index contributed by atoms with van der Waals surface area (Å²) in [5, 5.41) is 6.91. The van der Waals surface area contributed by atoms with Crippen molar-refractivity contribution in [2.24, 2.45) is 0 Å². The highest BCUT2D eigenvalue weighted by Gasteiger charge is 2.11. The molecule has 5 nitrogen and oxygen atoms in total. The molecule has 2 rings (SSSR count). The highest BCUT2D eigenvalue weighted by atomic mass is 16.5. The molecule has 0 fully saturated rings. The maximum absolute atomic E-state index is 11.6. The molecule has 5 heteroatoms.